The monoisotopic (exact) mass is 306 g/mol. The van der Waals surface area contributed by atoms with Crippen LogP contribution in [0.3, 0.4) is 0 Å². The Bertz CT molecular complexity index is 809. The van der Waals surface area contributed by atoms with Crippen molar-refractivity contribution in [1.82, 2.24) is 20.3 Å². The third-order valence-electron chi connectivity index (χ3n) is 4.84. The Kier molecular flexibility index (Phi) is 3.62. The number of rotatable bonds is 2. The van der Waals surface area contributed by atoms with Gasteiger partial charge in [-0.2, -0.15) is 0 Å². The van der Waals surface area contributed by atoms with Gasteiger partial charge in [-0.05, 0) is 37.8 Å². The Morgan fingerprint density at radius 3 is 2.78 bits per heavy atom. The van der Waals surface area contributed by atoms with Crippen LogP contribution in [0.4, 0.5) is 0 Å². The second kappa shape index (κ2) is 5.78. The molecule has 3 heterocycles. The molecule has 3 atom stereocenters. The van der Waals surface area contributed by atoms with E-state index in [1.54, 1.807) is 0 Å². The van der Waals surface area contributed by atoms with Gasteiger partial charge in [-0.3, -0.25) is 0 Å². The number of fused-ring (bicyclic) bond motifs is 1. The van der Waals surface area contributed by atoms with Gasteiger partial charge in [0.25, 0.3) is 0 Å². The third-order valence-corrected chi connectivity index (χ3v) is 4.84. The maximum atomic E-state index is 4.85. The summed E-state index contributed by atoms with van der Waals surface area (Å²) in [5.41, 5.74) is 4.61. The van der Waals surface area contributed by atoms with E-state index in [2.05, 4.69) is 59.5 Å². The Morgan fingerprint density at radius 1 is 1.13 bits per heavy atom. The van der Waals surface area contributed by atoms with Crippen molar-refractivity contribution >= 4 is 11.0 Å². The summed E-state index contributed by atoms with van der Waals surface area (Å²) in [5, 5.41) is 3.71. The first-order chi connectivity index (χ1) is 11.2. The van der Waals surface area contributed by atoms with Crippen molar-refractivity contribution in [2.45, 2.75) is 44.7 Å². The summed E-state index contributed by atoms with van der Waals surface area (Å²) >= 11 is 0. The first-order valence-corrected chi connectivity index (χ1v) is 8.32. The first kappa shape index (κ1) is 14.4. The van der Waals surface area contributed by atoms with Gasteiger partial charge < -0.3 is 10.3 Å². The summed E-state index contributed by atoms with van der Waals surface area (Å²) in [5.74, 6) is 1.38. The molecule has 1 aromatic carbocycles. The molecule has 1 fully saturated rings. The molecule has 3 unspecified atom stereocenters. The summed E-state index contributed by atoms with van der Waals surface area (Å²) in [6, 6.07) is 11.5. The maximum absolute atomic E-state index is 4.85. The van der Waals surface area contributed by atoms with Gasteiger partial charge in [-0.15, -0.1) is 0 Å². The average molecular weight is 306 g/mol. The summed E-state index contributed by atoms with van der Waals surface area (Å²) in [7, 11) is 0. The molecule has 0 amide bonds. The van der Waals surface area contributed by atoms with Crippen molar-refractivity contribution in [3.05, 3.63) is 59.7 Å². The molecule has 118 valence electrons. The molecule has 1 aliphatic heterocycles. The lowest BCUT2D eigenvalue weighted by molar-refractivity contribution is 0.300. The van der Waals surface area contributed by atoms with E-state index in [4.69, 9.17) is 4.98 Å². The minimum absolute atomic E-state index is 0.372. The van der Waals surface area contributed by atoms with Gasteiger partial charge in [0.05, 0.1) is 17.2 Å². The van der Waals surface area contributed by atoms with Crippen LogP contribution in [0.2, 0.25) is 0 Å². The molecule has 0 spiro atoms. The minimum atomic E-state index is 0.372. The van der Waals surface area contributed by atoms with Gasteiger partial charge in [0.2, 0.25) is 0 Å². The summed E-state index contributed by atoms with van der Waals surface area (Å²) < 4.78 is 0. The highest BCUT2D eigenvalue weighted by Crippen LogP contribution is 2.35. The van der Waals surface area contributed by atoms with Crippen LogP contribution >= 0.6 is 0 Å². The van der Waals surface area contributed by atoms with Gasteiger partial charge in [-0.25, -0.2) is 9.97 Å². The topological polar surface area (TPSA) is 53.6 Å². The molecule has 4 nitrogen and oxygen atoms in total. The standard InChI is InChI=1S/C19H22N4/c1-12-10-20-17-11-21-19(23-18(12)17)15-8-13(2)22-16(9-15)14-6-4-3-5-7-14/h3-7,10-11,13,15-16,20,22H,8-9H2,1-2H3. The minimum Gasteiger partial charge on any atom is -0.358 e. The number of nitrogens with zero attached hydrogens (tertiary/aromatic N) is 2. The normalized spacial score (nSPS) is 24.9. The number of benzene rings is 1. The van der Waals surface area contributed by atoms with Crippen LogP contribution in [0.5, 0.6) is 0 Å². The quantitative estimate of drug-likeness (QED) is 0.756. The SMILES string of the molecule is Cc1c[nH]c2cnc(C3CC(C)NC(c4ccccc4)C3)nc12. The predicted molar refractivity (Wildman–Crippen MR) is 92.4 cm³/mol. The Hall–Kier alpha value is -2.20. The van der Waals surface area contributed by atoms with Crippen LogP contribution in [0.1, 0.15) is 48.7 Å². The van der Waals surface area contributed by atoms with Gasteiger partial charge in [0.15, 0.2) is 0 Å². The van der Waals surface area contributed by atoms with Crippen molar-refractivity contribution in [2.24, 2.45) is 0 Å². The molecular formula is C19H22N4. The van der Waals surface area contributed by atoms with E-state index in [1.807, 2.05) is 12.4 Å². The van der Waals surface area contributed by atoms with E-state index < -0.39 is 0 Å². The summed E-state index contributed by atoms with van der Waals surface area (Å²) in [6.07, 6.45) is 6.05. The molecule has 2 aromatic heterocycles. The van der Waals surface area contributed by atoms with E-state index in [-0.39, 0.29) is 0 Å². The van der Waals surface area contributed by atoms with Crippen LogP contribution in [-0.2, 0) is 0 Å². The molecule has 0 saturated carbocycles. The van der Waals surface area contributed by atoms with E-state index >= 15 is 0 Å². The second-order valence-corrected chi connectivity index (χ2v) is 6.66. The molecule has 0 bridgehead atoms. The summed E-state index contributed by atoms with van der Waals surface area (Å²) in [6.45, 7) is 4.34. The molecule has 0 radical (unpaired) electrons. The van der Waals surface area contributed by atoms with Crippen molar-refractivity contribution in [1.29, 1.82) is 0 Å². The number of hydrogen-bond acceptors (Lipinski definition) is 3. The smallest absolute Gasteiger partial charge is 0.132 e. The molecule has 2 N–H and O–H groups in total. The van der Waals surface area contributed by atoms with Gasteiger partial charge in [0, 0.05) is 24.2 Å². The van der Waals surface area contributed by atoms with Crippen LogP contribution in [0.15, 0.2) is 42.7 Å². The Morgan fingerprint density at radius 2 is 1.96 bits per heavy atom. The fraction of sp³-hybridized carbons (Fsp3) is 0.368. The molecule has 3 aromatic rings. The van der Waals surface area contributed by atoms with Crippen LogP contribution in [0.25, 0.3) is 11.0 Å². The third kappa shape index (κ3) is 2.75. The fourth-order valence-electron chi connectivity index (χ4n) is 3.67. The molecule has 23 heavy (non-hydrogen) atoms. The molecule has 0 aliphatic carbocycles. The fourth-order valence-corrected chi connectivity index (χ4v) is 3.67. The highest BCUT2D eigenvalue weighted by molar-refractivity contribution is 5.77. The molecule has 1 aliphatic rings. The van der Waals surface area contributed by atoms with E-state index in [1.165, 1.54) is 11.1 Å². The van der Waals surface area contributed by atoms with Crippen LogP contribution in [-0.4, -0.2) is 21.0 Å². The number of aryl methyl sites for hydroxylation is 1. The predicted octanol–water partition coefficient (Wildman–Crippen LogP) is 3.86. The lowest BCUT2D eigenvalue weighted by atomic mass is 9.85. The highest BCUT2D eigenvalue weighted by atomic mass is 15.0. The van der Waals surface area contributed by atoms with E-state index in [0.29, 0.717) is 18.0 Å². The average Bonchev–Trinajstić information content (AvgIpc) is 2.96. The lowest BCUT2D eigenvalue weighted by Crippen LogP contribution is -2.38. The molecule has 4 rings (SSSR count). The Balaban J connectivity index is 1.65. The number of aromatic amines is 1. The zero-order valence-corrected chi connectivity index (χ0v) is 13.6. The maximum Gasteiger partial charge on any atom is 0.132 e. The first-order valence-electron chi connectivity index (χ1n) is 8.32. The number of hydrogen-bond donors (Lipinski definition) is 2. The number of nitrogens with one attached hydrogen (secondary N) is 2. The van der Waals surface area contributed by atoms with Gasteiger partial charge >= 0.3 is 0 Å². The van der Waals surface area contributed by atoms with Gasteiger partial charge in [-0.1, -0.05) is 30.3 Å². The highest BCUT2D eigenvalue weighted by Gasteiger charge is 2.29. The van der Waals surface area contributed by atoms with Crippen molar-refractivity contribution in [2.75, 3.05) is 0 Å². The van der Waals surface area contributed by atoms with Crippen molar-refractivity contribution in [3.63, 3.8) is 0 Å². The van der Waals surface area contributed by atoms with E-state index in [9.17, 15) is 0 Å². The van der Waals surface area contributed by atoms with Crippen molar-refractivity contribution in [3.8, 4) is 0 Å². The van der Waals surface area contributed by atoms with Gasteiger partial charge in [0.1, 0.15) is 5.82 Å². The summed E-state index contributed by atoms with van der Waals surface area (Å²) in [4.78, 5) is 12.7. The second-order valence-electron chi connectivity index (χ2n) is 6.66. The zero-order valence-electron chi connectivity index (χ0n) is 13.6. The number of piperidine rings is 1. The molecular weight excluding hydrogens is 284 g/mol. The van der Waals surface area contributed by atoms with E-state index in [0.717, 1.165) is 29.7 Å². The lowest BCUT2D eigenvalue weighted by Gasteiger charge is -2.34. The Labute approximate surface area is 136 Å². The largest absolute Gasteiger partial charge is 0.358 e. The molecule has 4 heteroatoms. The van der Waals surface area contributed by atoms with Crippen LogP contribution in [0, 0.1) is 6.92 Å². The zero-order chi connectivity index (χ0) is 15.8. The van der Waals surface area contributed by atoms with Crippen LogP contribution < -0.4 is 5.32 Å². The van der Waals surface area contributed by atoms with Crippen molar-refractivity contribution < 1.29 is 0 Å². The number of aromatic nitrogens is 3. The molecule has 1 saturated heterocycles. The number of H-pyrrole nitrogens is 1.